The van der Waals surface area contributed by atoms with E-state index >= 15 is 0 Å². The highest BCUT2D eigenvalue weighted by Gasteiger charge is 2.26. The van der Waals surface area contributed by atoms with Crippen molar-refractivity contribution in [2.24, 2.45) is 10.9 Å². The van der Waals surface area contributed by atoms with Crippen molar-refractivity contribution >= 4 is 23.2 Å². The maximum absolute atomic E-state index is 11.1. The van der Waals surface area contributed by atoms with Crippen LogP contribution >= 0.6 is 11.6 Å². The molecule has 0 aliphatic carbocycles. The van der Waals surface area contributed by atoms with Gasteiger partial charge in [0.25, 0.3) is 5.91 Å². The summed E-state index contributed by atoms with van der Waals surface area (Å²) >= 11 is 6.18. The van der Waals surface area contributed by atoms with Crippen molar-refractivity contribution < 1.29 is 9.63 Å². The normalized spacial score (nSPS) is 17.2. The van der Waals surface area contributed by atoms with E-state index in [9.17, 15) is 4.79 Å². The predicted molar refractivity (Wildman–Crippen MR) is 82.1 cm³/mol. The minimum Gasteiger partial charge on any atom is -0.382 e. The first-order valence-electron chi connectivity index (χ1n) is 6.52. The van der Waals surface area contributed by atoms with E-state index < -0.39 is 12.0 Å². The van der Waals surface area contributed by atoms with Crippen molar-refractivity contribution in [1.82, 2.24) is 0 Å². The average molecular weight is 301 g/mol. The average Bonchev–Trinajstić information content (AvgIpc) is 2.98. The van der Waals surface area contributed by atoms with Crippen LogP contribution in [0.2, 0.25) is 5.02 Å². The van der Waals surface area contributed by atoms with E-state index in [0.717, 1.165) is 22.4 Å². The third-order valence-corrected chi connectivity index (χ3v) is 3.72. The predicted octanol–water partition coefficient (Wildman–Crippen LogP) is 2.99. The SMILES string of the molecule is NC(=O)C1CC(c2ccc(-c3ccccc3Cl)cc2)=NO1. The molecule has 5 heteroatoms. The van der Waals surface area contributed by atoms with E-state index in [1.54, 1.807) is 0 Å². The van der Waals surface area contributed by atoms with Crippen molar-refractivity contribution in [2.75, 3.05) is 0 Å². The summed E-state index contributed by atoms with van der Waals surface area (Å²) in [6, 6.07) is 15.5. The first-order chi connectivity index (χ1) is 10.1. The molecule has 0 saturated heterocycles. The van der Waals surface area contributed by atoms with Gasteiger partial charge in [-0.15, -0.1) is 0 Å². The first-order valence-corrected chi connectivity index (χ1v) is 6.90. The molecule has 1 heterocycles. The van der Waals surface area contributed by atoms with Gasteiger partial charge in [0.05, 0.1) is 5.71 Å². The van der Waals surface area contributed by atoms with Crippen LogP contribution < -0.4 is 5.73 Å². The molecule has 2 aromatic carbocycles. The zero-order valence-corrected chi connectivity index (χ0v) is 11.9. The molecule has 0 bridgehead atoms. The fourth-order valence-electron chi connectivity index (χ4n) is 2.24. The lowest BCUT2D eigenvalue weighted by Gasteiger charge is -2.06. The lowest BCUT2D eigenvalue weighted by atomic mass is 10.00. The smallest absolute Gasteiger partial charge is 0.261 e. The third-order valence-electron chi connectivity index (χ3n) is 3.39. The summed E-state index contributed by atoms with van der Waals surface area (Å²) in [6.07, 6.45) is -0.260. The molecule has 0 fully saturated rings. The van der Waals surface area contributed by atoms with E-state index in [1.165, 1.54) is 0 Å². The molecule has 106 valence electrons. The van der Waals surface area contributed by atoms with Crippen LogP contribution in [-0.2, 0) is 9.63 Å². The Morgan fingerprint density at radius 1 is 1.14 bits per heavy atom. The summed E-state index contributed by atoms with van der Waals surface area (Å²) in [7, 11) is 0. The number of amides is 1. The van der Waals surface area contributed by atoms with Gasteiger partial charge in [-0.2, -0.15) is 0 Å². The Balaban J connectivity index is 1.83. The molecular weight excluding hydrogens is 288 g/mol. The van der Waals surface area contributed by atoms with Gasteiger partial charge in [-0.05, 0) is 17.2 Å². The fraction of sp³-hybridized carbons (Fsp3) is 0.125. The van der Waals surface area contributed by atoms with Crippen molar-refractivity contribution in [3.8, 4) is 11.1 Å². The number of oxime groups is 1. The molecule has 4 nitrogen and oxygen atoms in total. The molecule has 0 aromatic heterocycles. The Morgan fingerprint density at radius 2 is 1.81 bits per heavy atom. The Labute approximate surface area is 127 Å². The largest absolute Gasteiger partial charge is 0.382 e. The second-order valence-corrected chi connectivity index (χ2v) is 5.20. The number of nitrogens with two attached hydrogens (primary N) is 1. The number of carbonyl (C=O) groups excluding carboxylic acids is 1. The molecule has 2 aromatic rings. The van der Waals surface area contributed by atoms with Gasteiger partial charge < -0.3 is 10.6 Å². The van der Waals surface area contributed by atoms with Crippen LogP contribution in [0.25, 0.3) is 11.1 Å². The maximum Gasteiger partial charge on any atom is 0.261 e. The molecular formula is C16H13ClN2O2. The Hall–Kier alpha value is -2.33. The number of hydrogen-bond donors (Lipinski definition) is 1. The van der Waals surface area contributed by atoms with E-state index in [4.69, 9.17) is 22.2 Å². The van der Waals surface area contributed by atoms with Gasteiger partial charge in [-0.3, -0.25) is 4.79 Å². The molecule has 0 spiro atoms. The van der Waals surface area contributed by atoms with Gasteiger partial charge in [0.15, 0.2) is 0 Å². The second-order valence-electron chi connectivity index (χ2n) is 4.80. The highest BCUT2D eigenvalue weighted by Crippen LogP contribution is 2.28. The van der Waals surface area contributed by atoms with Crippen LogP contribution in [-0.4, -0.2) is 17.7 Å². The van der Waals surface area contributed by atoms with E-state index in [2.05, 4.69) is 5.16 Å². The highest BCUT2D eigenvalue weighted by molar-refractivity contribution is 6.33. The molecule has 1 amide bonds. The fourth-order valence-corrected chi connectivity index (χ4v) is 2.48. The van der Waals surface area contributed by atoms with Crippen molar-refractivity contribution in [3.63, 3.8) is 0 Å². The molecule has 1 aliphatic rings. The summed E-state index contributed by atoms with van der Waals surface area (Å²) < 4.78 is 0. The van der Waals surface area contributed by atoms with E-state index in [-0.39, 0.29) is 0 Å². The number of rotatable bonds is 3. The lowest BCUT2D eigenvalue weighted by molar-refractivity contribution is -0.127. The highest BCUT2D eigenvalue weighted by atomic mass is 35.5. The zero-order valence-electron chi connectivity index (χ0n) is 11.1. The van der Waals surface area contributed by atoms with Crippen LogP contribution in [0.1, 0.15) is 12.0 Å². The van der Waals surface area contributed by atoms with Crippen LogP contribution in [0.5, 0.6) is 0 Å². The van der Waals surface area contributed by atoms with Crippen LogP contribution in [0.3, 0.4) is 0 Å². The van der Waals surface area contributed by atoms with Crippen LogP contribution in [0.15, 0.2) is 53.7 Å². The number of primary amides is 1. The number of halogens is 1. The monoisotopic (exact) mass is 300 g/mol. The summed E-state index contributed by atoms with van der Waals surface area (Å²) in [4.78, 5) is 16.1. The van der Waals surface area contributed by atoms with E-state index in [1.807, 2.05) is 48.5 Å². The van der Waals surface area contributed by atoms with Crippen molar-refractivity contribution in [2.45, 2.75) is 12.5 Å². The molecule has 1 unspecified atom stereocenters. The summed E-state index contributed by atoms with van der Waals surface area (Å²) in [5.74, 6) is -0.499. The van der Waals surface area contributed by atoms with Gasteiger partial charge in [0, 0.05) is 17.0 Å². The van der Waals surface area contributed by atoms with E-state index in [0.29, 0.717) is 11.4 Å². The lowest BCUT2D eigenvalue weighted by Crippen LogP contribution is -2.28. The number of nitrogens with zero attached hydrogens (tertiary/aromatic N) is 1. The van der Waals surface area contributed by atoms with Crippen LogP contribution in [0, 0.1) is 0 Å². The minimum absolute atomic E-state index is 0.404. The Morgan fingerprint density at radius 3 is 2.43 bits per heavy atom. The second kappa shape index (κ2) is 5.58. The van der Waals surface area contributed by atoms with Crippen molar-refractivity contribution in [3.05, 3.63) is 59.1 Å². The standard InChI is InChI=1S/C16H13ClN2O2/c17-13-4-2-1-3-12(13)10-5-7-11(8-6-10)14-9-15(16(18)20)21-19-14/h1-8,15H,9H2,(H2,18,20). The molecule has 0 saturated carbocycles. The molecule has 1 aliphatic heterocycles. The van der Waals surface area contributed by atoms with Gasteiger partial charge in [-0.25, -0.2) is 0 Å². The molecule has 0 radical (unpaired) electrons. The summed E-state index contributed by atoms with van der Waals surface area (Å²) in [6.45, 7) is 0. The topological polar surface area (TPSA) is 64.7 Å². The Kier molecular flexibility index (Phi) is 3.62. The van der Waals surface area contributed by atoms with Crippen LogP contribution in [0.4, 0.5) is 0 Å². The molecule has 1 atom stereocenters. The summed E-state index contributed by atoms with van der Waals surface area (Å²) in [5, 5.41) is 4.63. The molecule has 3 rings (SSSR count). The molecule has 2 N–H and O–H groups in total. The number of hydrogen-bond acceptors (Lipinski definition) is 3. The zero-order chi connectivity index (χ0) is 14.8. The van der Waals surface area contributed by atoms with Gasteiger partial charge in [0.2, 0.25) is 6.10 Å². The first kappa shape index (κ1) is 13.6. The number of benzene rings is 2. The molecule has 21 heavy (non-hydrogen) atoms. The third kappa shape index (κ3) is 2.76. The number of carbonyl (C=O) groups is 1. The maximum atomic E-state index is 11.1. The van der Waals surface area contributed by atoms with Gasteiger partial charge in [-0.1, -0.05) is 59.2 Å². The summed E-state index contributed by atoms with van der Waals surface area (Å²) in [5.41, 5.74) is 8.84. The minimum atomic E-state index is -0.664. The Bertz CT molecular complexity index is 710. The van der Waals surface area contributed by atoms with Gasteiger partial charge >= 0.3 is 0 Å². The quantitative estimate of drug-likeness (QED) is 0.947. The van der Waals surface area contributed by atoms with Gasteiger partial charge in [0.1, 0.15) is 0 Å². The van der Waals surface area contributed by atoms with Crippen molar-refractivity contribution in [1.29, 1.82) is 0 Å².